The Morgan fingerprint density at radius 1 is 1.16 bits per heavy atom. The van der Waals surface area contributed by atoms with E-state index in [1.54, 1.807) is 26.2 Å². The lowest BCUT2D eigenvalue weighted by Gasteiger charge is -2.47. The Morgan fingerprint density at radius 2 is 1.86 bits per heavy atom. The Kier molecular flexibility index (Phi) is 7.46. The second-order valence-corrected chi connectivity index (χ2v) is 11.3. The molecule has 1 saturated heterocycles. The molecule has 3 amide bonds. The number of thiophene rings is 1. The van der Waals surface area contributed by atoms with Crippen molar-refractivity contribution in [1.82, 2.24) is 4.90 Å². The molecule has 2 fully saturated rings. The molecular formula is C28H34N2O6S. The summed E-state index contributed by atoms with van der Waals surface area (Å²) in [7, 11) is 1.58. The molecule has 1 saturated carbocycles. The number of hydrogen-bond donors (Lipinski definition) is 1. The average molecular weight is 527 g/mol. The number of anilines is 1. The van der Waals surface area contributed by atoms with Gasteiger partial charge in [0.1, 0.15) is 16.3 Å². The zero-order valence-corrected chi connectivity index (χ0v) is 22.8. The molecule has 1 N–H and O–H groups in total. The highest BCUT2D eigenvalue weighted by Gasteiger charge is 2.64. The number of methoxy groups -OCH3 is 1. The van der Waals surface area contributed by atoms with Crippen molar-refractivity contribution in [3.8, 4) is 16.9 Å². The highest BCUT2D eigenvalue weighted by atomic mass is 32.1. The summed E-state index contributed by atoms with van der Waals surface area (Å²) in [4.78, 5) is 53.2. The van der Waals surface area contributed by atoms with Crippen LogP contribution in [0.5, 0.6) is 5.75 Å². The summed E-state index contributed by atoms with van der Waals surface area (Å²) < 4.78 is 10.5. The number of carbonyl (C=O) groups excluding carboxylic acids is 4. The summed E-state index contributed by atoms with van der Waals surface area (Å²) in [5.41, 5.74) is 0.848. The molecule has 9 heteroatoms. The summed E-state index contributed by atoms with van der Waals surface area (Å²) >= 11 is 1.25. The molecule has 1 aromatic heterocycles. The van der Waals surface area contributed by atoms with Gasteiger partial charge in [0.15, 0.2) is 0 Å². The van der Waals surface area contributed by atoms with Gasteiger partial charge in [0.2, 0.25) is 17.7 Å². The Balaban J connectivity index is 1.44. The predicted molar refractivity (Wildman–Crippen MR) is 141 cm³/mol. The molecule has 0 radical (unpaired) electrons. The standard InChI is InChI=1S/C28H34N2O6S/c1-6-36-25(33)22-19(17-9-11-18(35-5)12-10-17)16-37-23(22)29-21(31)8-7-15-30-24(32)20-13-14-28(4,26(30)34)27(20,2)3/h9-12,16,20H,6-8,13-15H2,1-5H3,(H,29,31). The van der Waals surface area contributed by atoms with Crippen LogP contribution in [-0.4, -0.2) is 48.9 Å². The fraction of sp³-hybridized carbons (Fsp3) is 0.500. The highest BCUT2D eigenvalue weighted by molar-refractivity contribution is 7.15. The van der Waals surface area contributed by atoms with E-state index in [0.717, 1.165) is 12.0 Å². The summed E-state index contributed by atoms with van der Waals surface area (Å²) in [6, 6.07) is 7.29. The molecule has 2 aliphatic rings. The largest absolute Gasteiger partial charge is 0.497 e. The minimum Gasteiger partial charge on any atom is -0.497 e. The van der Waals surface area contributed by atoms with E-state index in [-0.39, 0.29) is 48.6 Å². The monoisotopic (exact) mass is 526 g/mol. The van der Waals surface area contributed by atoms with Crippen LogP contribution in [-0.2, 0) is 19.1 Å². The van der Waals surface area contributed by atoms with Crippen molar-refractivity contribution < 1.29 is 28.7 Å². The third kappa shape index (κ3) is 4.65. The highest BCUT2D eigenvalue weighted by Crippen LogP contribution is 2.60. The number of carbonyl (C=O) groups is 4. The van der Waals surface area contributed by atoms with Gasteiger partial charge in [0, 0.05) is 29.8 Å². The van der Waals surface area contributed by atoms with E-state index in [9.17, 15) is 19.2 Å². The topological polar surface area (TPSA) is 102 Å². The van der Waals surface area contributed by atoms with Gasteiger partial charge in [-0.3, -0.25) is 19.3 Å². The number of nitrogens with zero attached hydrogens (tertiary/aromatic N) is 1. The van der Waals surface area contributed by atoms with Gasteiger partial charge in [-0.15, -0.1) is 11.3 Å². The number of esters is 1. The molecule has 1 aromatic carbocycles. The second-order valence-electron chi connectivity index (χ2n) is 10.4. The quantitative estimate of drug-likeness (QED) is 0.359. The number of amides is 3. The Bertz CT molecular complexity index is 1220. The van der Waals surface area contributed by atoms with Crippen molar-refractivity contribution >= 4 is 40.0 Å². The summed E-state index contributed by atoms with van der Waals surface area (Å²) in [6.45, 7) is 8.11. The maximum atomic E-state index is 13.2. The maximum Gasteiger partial charge on any atom is 0.341 e. The van der Waals surface area contributed by atoms with Crippen LogP contribution in [0.1, 0.15) is 63.7 Å². The first-order valence-electron chi connectivity index (χ1n) is 12.6. The van der Waals surface area contributed by atoms with Gasteiger partial charge in [0.25, 0.3) is 0 Å². The van der Waals surface area contributed by atoms with E-state index in [2.05, 4.69) is 5.32 Å². The molecule has 2 unspecified atom stereocenters. The average Bonchev–Trinajstić information content (AvgIpc) is 3.36. The van der Waals surface area contributed by atoms with Crippen LogP contribution in [0.3, 0.4) is 0 Å². The number of benzene rings is 1. The van der Waals surface area contributed by atoms with Gasteiger partial charge >= 0.3 is 5.97 Å². The molecule has 2 aromatic rings. The van der Waals surface area contributed by atoms with Crippen molar-refractivity contribution in [3.63, 3.8) is 0 Å². The van der Waals surface area contributed by atoms with Gasteiger partial charge in [-0.1, -0.05) is 32.9 Å². The first kappa shape index (κ1) is 26.9. The molecule has 2 heterocycles. The minimum atomic E-state index is -0.558. The van der Waals surface area contributed by atoms with Gasteiger partial charge < -0.3 is 14.8 Å². The van der Waals surface area contributed by atoms with Gasteiger partial charge in [0.05, 0.1) is 19.1 Å². The molecule has 4 rings (SSSR count). The SMILES string of the molecule is CCOC(=O)c1c(-c2ccc(OC)cc2)csc1NC(=O)CCCN1C(=O)C2CCC(C)(C1=O)C2(C)C. The predicted octanol–water partition coefficient (Wildman–Crippen LogP) is 5.13. The lowest BCUT2D eigenvalue weighted by Crippen LogP contribution is -2.59. The van der Waals surface area contributed by atoms with E-state index in [0.29, 0.717) is 34.7 Å². The minimum absolute atomic E-state index is 0.111. The Morgan fingerprint density at radius 3 is 2.51 bits per heavy atom. The van der Waals surface area contributed by atoms with Crippen LogP contribution in [0.2, 0.25) is 0 Å². The molecule has 2 bridgehead atoms. The van der Waals surface area contributed by atoms with Crippen molar-refractivity contribution in [2.75, 3.05) is 25.6 Å². The molecule has 2 atom stereocenters. The van der Waals surface area contributed by atoms with Crippen molar-refractivity contribution in [2.45, 2.75) is 53.4 Å². The van der Waals surface area contributed by atoms with Gasteiger partial charge in [-0.25, -0.2) is 4.79 Å². The number of likely N-dealkylation sites (tertiary alicyclic amines) is 1. The number of rotatable bonds is 9. The van der Waals surface area contributed by atoms with Crippen LogP contribution in [0.15, 0.2) is 29.6 Å². The number of fused-ring (bicyclic) bond motifs is 2. The van der Waals surface area contributed by atoms with E-state index >= 15 is 0 Å². The third-order valence-electron chi connectivity index (χ3n) is 8.22. The molecular weight excluding hydrogens is 492 g/mol. The normalized spacial score (nSPS) is 22.2. The van der Waals surface area contributed by atoms with Crippen LogP contribution < -0.4 is 10.1 Å². The summed E-state index contributed by atoms with van der Waals surface area (Å²) in [5.74, 6) is -0.540. The fourth-order valence-electron chi connectivity index (χ4n) is 5.54. The van der Waals surface area contributed by atoms with Crippen molar-refractivity contribution in [3.05, 3.63) is 35.2 Å². The van der Waals surface area contributed by atoms with Crippen LogP contribution in [0.25, 0.3) is 11.1 Å². The summed E-state index contributed by atoms with van der Waals surface area (Å²) in [5, 5.41) is 5.06. The molecule has 1 aliphatic heterocycles. The van der Waals surface area contributed by atoms with E-state index in [4.69, 9.17) is 9.47 Å². The van der Waals surface area contributed by atoms with Crippen molar-refractivity contribution in [1.29, 1.82) is 0 Å². The Hall–Kier alpha value is -3.20. The zero-order valence-electron chi connectivity index (χ0n) is 22.0. The molecule has 8 nitrogen and oxygen atoms in total. The zero-order chi connectivity index (χ0) is 27.0. The molecule has 1 aliphatic carbocycles. The molecule has 198 valence electrons. The van der Waals surface area contributed by atoms with Gasteiger partial charge in [-0.2, -0.15) is 0 Å². The van der Waals surface area contributed by atoms with E-state index in [1.165, 1.54) is 16.2 Å². The second kappa shape index (κ2) is 10.3. The molecule has 0 spiro atoms. The summed E-state index contributed by atoms with van der Waals surface area (Å²) in [6.07, 6.45) is 1.88. The first-order chi connectivity index (χ1) is 17.5. The van der Waals surface area contributed by atoms with Crippen molar-refractivity contribution in [2.24, 2.45) is 16.7 Å². The number of imide groups is 1. The van der Waals surface area contributed by atoms with Crippen LogP contribution in [0, 0.1) is 16.7 Å². The van der Waals surface area contributed by atoms with Gasteiger partial charge in [-0.05, 0) is 49.3 Å². The third-order valence-corrected chi connectivity index (χ3v) is 9.11. The van der Waals surface area contributed by atoms with Crippen LogP contribution in [0.4, 0.5) is 5.00 Å². The number of piperidine rings is 1. The number of ether oxygens (including phenoxy) is 2. The number of hydrogen-bond acceptors (Lipinski definition) is 7. The lowest BCUT2D eigenvalue weighted by atomic mass is 9.62. The maximum absolute atomic E-state index is 13.2. The fourth-order valence-corrected chi connectivity index (χ4v) is 6.51. The Labute approximate surface area is 221 Å². The first-order valence-corrected chi connectivity index (χ1v) is 13.5. The number of nitrogens with one attached hydrogen (secondary N) is 1. The molecule has 37 heavy (non-hydrogen) atoms. The lowest BCUT2D eigenvalue weighted by molar-refractivity contribution is -0.168. The van der Waals surface area contributed by atoms with E-state index < -0.39 is 11.4 Å². The van der Waals surface area contributed by atoms with E-state index in [1.807, 2.05) is 38.3 Å². The van der Waals surface area contributed by atoms with Crippen LogP contribution >= 0.6 is 11.3 Å². The smallest absolute Gasteiger partial charge is 0.341 e.